The van der Waals surface area contributed by atoms with Gasteiger partial charge in [-0.2, -0.15) is 5.26 Å². The van der Waals surface area contributed by atoms with E-state index in [0.717, 1.165) is 28.0 Å². The third-order valence-corrected chi connectivity index (χ3v) is 11.9. The first-order valence-corrected chi connectivity index (χ1v) is 20.1. The fourth-order valence-electron chi connectivity index (χ4n) is 9.23. The van der Waals surface area contributed by atoms with Gasteiger partial charge in [-0.05, 0) is 130 Å². The second kappa shape index (κ2) is 14.2. The van der Waals surface area contributed by atoms with Crippen LogP contribution < -0.4 is 4.90 Å². The third-order valence-electron chi connectivity index (χ3n) is 11.9. The summed E-state index contributed by atoms with van der Waals surface area (Å²) in [6, 6.07) is 80.8. The van der Waals surface area contributed by atoms with Gasteiger partial charge in [-0.3, -0.25) is 0 Å². The van der Waals surface area contributed by atoms with Gasteiger partial charge in [-0.25, -0.2) is 0 Å². The number of rotatable bonds is 6. The number of fused-ring (bicyclic) bond motifs is 5. The van der Waals surface area contributed by atoms with Crippen LogP contribution in [0.15, 0.2) is 218 Å². The van der Waals surface area contributed by atoms with E-state index >= 15 is 0 Å². The normalized spacial score (nSPS) is 11.4. The van der Waals surface area contributed by atoms with Crippen LogP contribution in [0.4, 0.5) is 17.1 Å². The summed E-state index contributed by atoms with van der Waals surface area (Å²) in [6.07, 6.45) is 0. The van der Waals surface area contributed by atoms with Crippen LogP contribution in [-0.2, 0) is 0 Å². The van der Waals surface area contributed by atoms with Gasteiger partial charge in [0.05, 0.1) is 17.3 Å². The molecule has 0 aliphatic heterocycles. The largest absolute Gasteiger partial charge is 0.310 e. The predicted octanol–water partition coefficient (Wildman–Crippen LogP) is 15.8. The topological polar surface area (TPSA) is 27.0 Å². The maximum atomic E-state index is 9.58. The molecular weight excluding hydrogens is 713 g/mol. The van der Waals surface area contributed by atoms with Gasteiger partial charge >= 0.3 is 0 Å². The van der Waals surface area contributed by atoms with Crippen molar-refractivity contribution in [2.75, 3.05) is 4.90 Å². The Kier molecular flexibility index (Phi) is 8.24. The molecule has 0 bridgehead atoms. The molecule has 0 saturated carbocycles. The molecule has 0 saturated heterocycles. The van der Waals surface area contributed by atoms with Gasteiger partial charge in [0, 0.05) is 16.8 Å². The first-order chi connectivity index (χ1) is 29.2. The molecule has 0 N–H and O–H groups in total. The standard InChI is InChI=1S/C57H36N2/c58-37-38-28-31-43(32-29-38)59(42-18-2-1-3-19-42)55-35-34-46(47-22-8-9-23-48(47)55)41-30-33-53-54(36-41)57(50-27-13-17-40-15-5-7-21-45(40)50)52-25-11-10-24-51(52)56(53)49-26-12-16-39-14-4-6-20-44(39)49/h1-36H. The summed E-state index contributed by atoms with van der Waals surface area (Å²) in [7, 11) is 0. The second-order valence-corrected chi connectivity index (χ2v) is 15.1. The van der Waals surface area contributed by atoms with Crippen molar-refractivity contribution in [2.24, 2.45) is 0 Å². The van der Waals surface area contributed by atoms with E-state index in [1.54, 1.807) is 0 Å². The van der Waals surface area contributed by atoms with Crippen LogP contribution in [0, 0.1) is 11.3 Å². The molecule has 0 unspecified atom stereocenters. The minimum atomic E-state index is 0.637. The molecule has 59 heavy (non-hydrogen) atoms. The van der Waals surface area contributed by atoms with Crippen LogP contribution in [0.1, 0.15) is 5.56 Å². The van der Waals surface area contributed by atoms with Crippen LogP contribution in [0.2, 0.25) is 0 Å². The third kappa shape index (κ3) is 5.72. The summed E-state index contributed by atoms with van der Waals surface area (Å²) in [5.74, 6) is 0. The molecular formula is C57H36N2. The van der Waals surface area contributed by atoms with Crippen molar-refractivity contribution in [3.05, 3.63) is 224 Å². The summed E-state index contributed by atoms with van der Waals surface area (Å²) in [4.78, 5) is 2.29. The quantitative estimate of drug-likeness (QED) is 0.158. The van der Waals surface area contributed by atoms with Gasteiger partial charge < -0.3 is 4.90 Å². The van der Waals surface area contributed by atoms with Crippen LogP contribution in [-0.4, -0.2) is 0 Å². The number of para-hydroxylation sites is 1. The van der Waals surface area contributed by atoms with E-state index in [0.29, 0.717) is 5.56 Å². The molecule has 0 atom stereocenters. The summed E-state index contributed by atoms with van der Waals surface area (Å²) in [5.41, 5.74) is 11.0. The van der Waals surface area contributed by atoms with Gasteiger partial charge in [0.2, 0.25) is 0 Å². The maximum Gasteiger partial charge on any atom is 0.0991 e. The lowest BCUT2D eigenvalue weighted by Gasteiger charge is -2.27. The van der Waals surface area contributed by atoms with Crippen molar-refractivity contribution in [2.45, 2.75) is 0 Å². The lowest BCUT2D eigenvalue weighted by molar-refractivity contribution is 1.29. The number of anilines is 3. The summed E-state index contributed by atoms with van der Waals surface area (Å²) < 4.78 is 0. The Morgan fingerprint density at radius 1 is 0.322 bits per heavy atom. The Labute approximate surface area is 343 Å². The number of nitrogens with zero attached hydrogens (tertiary/aromatic N) is 2. The average molecular weight is 749 g/mol. The molecule has 11 aromatic rings. The summed E-state index contributed by atoms with van der Waals surface area (Å²) in [5, 5.41) is 21.7. The first kappa shape index (κ1) is 34.3. The Hall–Kier alpha value is -7.99. The van der Waals surface area contributed by atoms with E-state index in [4.69, 9.17) is 0 Å². The molecule has 2 nitrogen and oxygen atoms in total. The highest BCUT2D eigenvalue weighted by atomic mass is 15.1. The number of nitriles is 1. The van der Waals surface area contributed by atoms with Gasteiger partial charge in [-0.15, -0.1) is 0 Å². The zero-order valence-electron chi connectivity index (χ0n) is 32.2. The second-order valence-electron chi connectivity index (χ2n) is 15.1. The van der Waals surface area contributed by atoms with Crippen LogP contribution in [0.25, 0.3) is 87.2 Å². The lowest BCUT2D eigenvalue weighted by atomic mass is 9.82. The van der Waals surface area contributed by atoms with E-state index in [1.165, 1.54) is 76.3 Å². The molecule has 0 amide bonds. The molecule has 0 spiro atoms. The highest BCUT2D eigenvalue weighted by Crippen LogP contribution is 2.49. The SMILES string of the molecule is N#Cc1ccc(N(c2ccccc2)c2ccc(-c3ccc4c(-c5cccc6ccccc56)c5ccccc5c(-c5cccc6ccccc56)c4c3)c3ccccc23)cc1. The predicted molar refractivity (Wildman–Crippen MR) is 250 cm³/mol. The van der Waals surface area contributed by atoms with E-state index in [9.17, 15) is 5.26 Å². The highest BCUT2D eigenvalue weighted by molar-refractivity contribution is 6.26. The van der Waals surface area contributed by atoms with Crippen LogP contribution in [0.3, 0.4) is 0 Å². The van der Waals surface area contributed by atoms with Crippen molar-refractivity contribution in [3.63, 3.8) is 0 Å². The fraction of sp³-hybridized carbons (Fsp3) is 0. The highest BCUT2D eigenvalue weighted by Gasteiger charge is 2.22. The Bertz CT molecular complexity index is 3440. The summed E-state index contributed by atoms with van der Waals surface area (Å²) >= 11 is 0. The molecule has 0 heterocycles. The number of hydrogen-bond acceptors (Lipinski definition) is 2. The average Bonchev–Trinajstić information content (AvgIpc) is 3.31. The first-order valence-electron chi connectivity index (χ1n) is 20.1. The van der Waals surface area contributed by atoms with Crippen molar-refractivity contribution >= 4 is 70.9 Å². The molecule has 0 radical (unpaired) electrons. The van der Waals surface area contributed by atoms with Crippen LogP contribution >= 0.6 is 0 Å². The van der Waals surface area contributed by atoms with E-state index in [1.807, 2.05) is 30.3 Å². The fourth-order valence-corrected chi connectivity index (χ4v) is 9.23. The Morgan fingerprint density at radius 3 is 1.44 bits per heavy atom. The monoisotopic (exact) mass is 748 g/mol. The van der Waals surface area contributed by atoms with E-state index in [2.05, 4.69) is 199 Å². The Morgan fingerprint density at radius 2 is 0.814 bits per heavy atom. The summed E-state index contributed by atoms with van der Waals surface area (Å²) in [6.45, 7) is 0. The lowest BCUT2D eigenvalue weighted by Crippen LogP contribution is -2.10. The van der Waals surface area contributed by atoms with E-state index in [-0.39, 0.29) is 0 Å². The Balaban J connectivity index is 1.21. The number of benzene rings is 11. The van der Waals surface area contributed by atoms with Gasteiger partial charge in [-0.1, -0.05) is 170 Å². The maximum absolute atomic E-state index is 9.58. The van der Waals surface area contributed by atoms with Gasteiger partial charge in [0.25, 0.3) is 0 Å². The molecule has 11 aromatic carbocycles. The molecule has 2 heteroatoms. The van der Waals surface area contributed by atoms with Crippen molar-refractivity contribution in [1.29, 1.82) is 5.26 Å². The zero-order valence-corrected chi connectivity index (χ0v) is 32.2. The molecule has 0 aliphatic carbocycles. The van der Waals surface area contributed by atoms with Crippen LogP contribution in [0.5, 0.6) is 0 Å². The van der Waals surface area contributed by atoms with Gasteiger partial charge in [0.1, 0.15) is 0 Å². The van der Waals surface area contributed by atoms with Crippen molar-refractivity contribution in [1.82, 2.24) is 0 Å². The molecule has 11 rings (SSSR count). The molecule has 0 fully saturated rings. The smallest absolute Gasteiger partial charge is 0.0991 e. The van der Waals surface area contributed by atoms with Crippen molar-refractivity contribution < 1.29 is 0 Å². The zero-order chi connectivity index (χ0) is 39.3. The van der Waals surface area contributed by atoms with Crippen molar-refractivity contribution in [3.8, 4) is 39.4 Å². The minimum absolute atomic E-state index is 0.637. The number of hydrogen-bond donors (Lipinski definition) is 0. The molecule has 0 aromatic heterocycles. The minimum Gasteiger partial charge on any atom is -0.310 e. The molecule has 0 aliphatic rings. The van der Waals surface area contributed by atoms with Gasteiger partial charge in [0.15, 0.2) is 0 Å². The molecule has 274 valence electrons. The van der Waals surface area contributed by atoms with E-state index < -0.39 is 0 Å².